The largest absolute Gasteiger partial charge is 0.496 e. The molecule has 5 rings (SSSR count). The van der Waals surface area contributed by atoms with Crippen LogP contribution in [0.1, 0.15) is 28.9 Å². The highest BCUT2D eigenvalue weighted by Gasteiger charge is 2.28. The van der Waals surface area contributed by atoms with Gasteiger partial charge in [-0.15, -0.1) is 0 Å². The average Bonchev–Trinajstić information content (AvgIpc) is 2.94. The molecule has 0 aromatic heterocycles. The first kappa shape index (κ1) is 23.7. The van der Waals surface area contributed by atoms with Crippen molar-refractivity contribution in [2.75, 3.05) is 32.2 Å². The summed E-state index contributed by atoms with van der Waals surface area (Å²) in [6, 6.07) is 28.6. The number of rotatable bonds is 7. The van der Waals surface area contributed by atoms with E-state index in [9.17, 15) is 4.79 Å². The first-order valence-electron chi connectivity index (χ1n) is 12.1. The van der Waals surface area contributed by atoms with Gasteiger partial charge in [0.15, 0.2) is 0 Å². The predicted octanol–water partition coefficient (Wildman–Crippen LogP) is 5.88. The number of anilines is 2. The fraction of sp³-hybridized carbons (Fsp3) is 0.233. The third kappa shape index (κ3) is 4.60. The van der Waals surface area contributed by atoms with E-state index in [1.807, 2.05) is 36.4 Å². The molecule has 0 spiro atoms. The third-order valence-corrected chi connectivity index (χ3v) is 6.68. The second kappa shape index (κ2) is 10.3. The average molecular weight is 483 g/mol. The smallest absolute Gasteiger partial charge is 0.341 e. The van der Waals surface area contributed by atoms with Crippen molar-refractivity contribution in [3.63, 3.8) is 0 Å². The lowest BCUT2D eigenvalue weighted by molar-refractivity contribution is 0.0597. The van der Waals surface area contributed by atoms with Crippen LogP contribution in [0.4, 0.5) is 11.4 Å². The molecule has 2 atom stereocenters. The molecule has 4 aromatic rings. The van der Waals surface area contributed by atoms with Gasteiger partial charge in [0.1, 0.15) is 23.2 Å². The molecule has 1 N–H and O–H groups in total. The predicted molar refractivity (Wildman–Crippen MR) is 143 cm³/mol. The Balaban J connectivity index is 1.39. The van der Waals surface area contributed by atoms with Crippen molar-refractivity contribution in [3.8, 4) is 11.5 Å². The Morgan fingerprint density at radius 2 is 1.81 bits per heavy atom. The zero-order valence-electron chi connectivity index (χ0n) is 20.7. The van der Waals surface area contributed by atoms with Crippen LogP contribution in [0.5, 0.6) is 11.5 Å². The van der Waals surface area contributed by atoms with E-state index in [0.717, 1.165) is 17.1 Å². The van der Waals surface area contributed by atoms with E-state index in [0.29, 0.717) is 24.4 Å². The van der Waals surface area contributed by atoms with Crippen molar-refractivity contribution in [3.05, 3.63) is 96.1 Å². The number of benzene rings is 4. The molecular formula is C30H30N2O4. The molecule has 0 fully saturated rings. The molecule has 0 amide bonds. The maximum atomic E-state index is 12.4. The fourth-order valence-electron chi connectivity index (χ4n) is 4.83. The van der Waals surface area contributed by atoms with E-state index in [1.165, 1.54) is 23.4 Å². The Labute approximate surface area is 211 Å². The zero-order chi connectivity index (χ0) is 25.1. The van der Waals surface area contributed by atoms with Crippen LogP contribution in [0.15, 0.2) is 84.9 Å². The number of nitrogens with zero attached hydrogens (tertiary/aromatic N) is 1. The van der Waals surface area contributed by atoms with Crippen molar-refractivity contribution in [2.24, 2.45) is 0 Å². The van der Waals surface area contributed by atoms with Crippen LogP contribution in [0.3, 0.4) is 0 Å². The monoisotopic (exact) mass is 482 g/mol. The lowest BCUT2D eigenvalue weighted by atomic mass is 9.99. The van der Waals surface area contributed by atoms with E-state index in [2.05, 4.69) is 59.6 Å². The number of carbonyl (C=O) groups excluding carboxylic acids is 1. The molecule has 184 valence electrons. The highest BCUT2D eigenvalue weighted by molar-refractivity contribution is 5.94. The van der Waals surface area contributed by atoms with Crippen LogP contribution < -0.4 is 19.7 Å². The molecule has 1 aliphatic heterocycles. The van der Waals surface area contributed by atoms with Crippen molar-refractivity contribution < 1.29 is 19.0 Å². The molecule has 0 saturated carbocycles. The second-order valence-electron chi connectivity index (χ2n) is 8.89. The summed E-state index contributed by atoms with van der Waals surface area (Å²) in [5.74, 6) is 0.857. The summed E-state index contributed by atoms with van der Waals surface area (Å²) >= 11 is 0. The summed E-state index contributed by atoms with van der Waals surface area (Å²) in [6.07, 6.45) is -0.0963. The van der Waals surface area contributed by atoms with Gasteiger partial charge in [-0.05, 0) is 53.6 Å². The molecule has 2 unspecified atom stereocenters. The molecule has 0 aliphatic carbocycles. The van der Waals surface area contributed by atoms with Gasteiger partial charge < -0.3 is 24.4 Å². The number of nitrogens with one attached hydrogen (secondary N) is 1. The van der Waals surface area contributed by atoms with E-state index < -0.39 is 5.97 Å². The van der Waals surface area contributed by atoms with Gasteiger partial charge >= 0.3 is 5.97 Å². The number of carbonyl (C=O) groups is 1. The maximum absolute atomic E-state index is 12.4. The molecule has 6 nitrogen and oxygen atoms in total. The number of para-hydroxylation sites is 2. The van der Waals surface area contributed by atoms with Crippen LogP contribution in [-0.4, -0.2) is 39.4 Å². The quantitative estimate of drug-likeness (QED) is 0.332. The molecule has 6 heteroatoms. The van der Waals surface area contributed by atoms with Crippen molar-refractivity contribution in [1.29, 1.82) is 0 Å². The molecule has 1 heterocycles. The normalized spacial score (nSPS) is 15.6. The summed E-state index contributed by atoms with van der Waals surface area (Å²) in [5.41, 5.74) is 3.48. The molecule has 4 aromatic carbocycles. The van der Waals surface area contributed by atoms with Crippen LogP contribution in [-0.2, 0) is 4.74 Å². The summed E-state index contributed by atoms with van der Waals surface area (Å²) in [6.45, 7) is 3.47. The highest BCUT2D eigenvalue weighted by Crippen LogP contribution is 2.39. The maximum Gasteiger partial charge on any atom is 0.341 e. The van der Waals surface area contributed by atoms with E-state index >= 15 is 0 Å². The topological polar surface area (TPSA) is 60.0 Å². The van der Waals surface area contributed by atoms with Gasteiger partial charge in [0.25, 0.3) is 0 Å². The number of hydrogen-bond donors (Lipinski definition) is 1. The molecule has 36 heavy (non-hydrogen) atoms. The first-order chi connectivity index (χ1) is 17.6. The Hall–Kier alpha value is -4.03. The van der Waals surface area contributed by atoms with Crippen LogP contribution in [0.25, 0.3) is 10.8 Å². The van der Waals surface area contributed by atoms with Crippen molar-refractivity contribution in [1.82, 2.24) is 5.32 Å². The van der Waals surface area contributed by atoms with E-state index in [1.54, 1.807) is 13.2 Å². The summed E-state index contributed by atoms with van der Waals surface area (Å²) < 4.78 is 16.7. The van der Waals surface area contributed by atoms with Crippen LogP contribution in [0.2, 0.25) is 0 Å². The fourth-order valence-corrected chi connectivity index (χ4v) is 4.83. The van der Waals surface area contributed by atoms with Crippen LogP contribution in [0, 0.1) is 0 Å². The number of fused-ring (bicyclic) bond motifs is 2. The zero-order valence-corrected chi connectivity index (χ0v) is 20.7. The van der Waals surface area contributed by atoms with Gasteiger partial charge in [-0.25, -0.2) is 4.79 Å². The van der Waals surface area contributed by atoms with E-state index in [4.69, 9.17) is 14.2 Å². The minimum absolute atomic E-state index is 0.0963. The van der Waals surface area contributed by atoms with Gasteiger partial charge in [0, 0.05) is 18.3 Å². The molecule has 0 radical (unpaired) electrons. The Kier molecular flexibility index (Phi) is 6.78. The highest BCUT2D eigenvalue weighted by atomic mass is 16.5. The lowest BCUT2D eigenvalue weighted by Crippen LogP contribution is -2.44. The van der Waals surface area contributed by atoms with Gasteiger partial charge in [0.05, 0.1) is 26.5 Å². The summed E-state index contributed by atoms with van der Waals surface area (Å²) in [5, 5.41) is 6.16. The third-order valence-electron chi connectivity index (χ3n) is 6.68. The van der Waals surface area contributed by atoms with Gasteiger partial charge in [-0.3, -0.25) is 0 Å². The van der Waals surface area contributed by atoms with Gasteiger partial charge in [-0.1, -0.05) is 54.6 Å². The van der Waals surface area contributed by atoms with Crippen molar-refractivity contribution >= 4 is 28.1 Å². The van der Waals surface area contributed by atoms with Gasteiger partial charge in [0.2, 0.25) is 0 Å². The number of hydrogen-bond acceptors (Lipinski definition) is 6. The molecule has 1 aliphatic rings. The Morgan fingerprint density at radius 3 is 2.64 bits per heavy atom. The summed E-state index contributed by atoms with van der Waals surface area (Å²) in [7, 11) is 2.92. The lowest BCUT2D eigenvalue weighted by Gasteiger charge is -2.37. The number of ether oxygens (including phenoxy) is 3. The molecular weight excluding hydrogens is 452 g/mol. The Morgan fingerprint density at radius 1 is 1.03 bits per heavy atom. The van der Waals surface area contributed by atoms with Gasteiger partial charge in [-0.2, -0.15) is 0 Å². The number of esters is 1. The summed E-state index contributed by atoms with van der Waals surface area (Å²) in [4.78, 5) is 14.6. The van der Waals surface area contributed by atoms with E-state index in [-0.39, 0.29) is 12.1 Å². The second-order valence-corrected chi connectivity index (χ2v) is 8.89. The minimum atomic E-state index is -0.433. The minimum Gasteiger partial charge on any atom is -0.496 e. The first-order valence-corrected chi connectivity index (χ1v) is 12.1. The SMILES string of the molecule is COC(=O)c1cc(N2CC(CNC(C)c3cccc4ccccc34)Oc3ccccc32)ccc1OC. The Bertz CT molecular complexity index is 1380. The molecule has 0 bridgehead atoms. The number of methoxy groups -OCH3 is 2. The van der Waals surface area contributed by atoms with Crippen LogP contribution >= 0.6 is 0 Å². The molecule has 0 saturated heterocycles. The standard InChI is InChI=1S/C30H30N2O4/c1-20(24-12-8-10-21-9-4-5-11-25(21)24)31-18-23-19-32(27-13-6-7-14-29(27)36-23)22-15-16-28(34-2)26(17-22)30(33)35-3/h4-17,20,23,31H,18-19H2,1-3H3. The van der Waals surface area contributed by atoms with Crippen molar-refractivity contribution in [2.45, 2.75) is 19.1 Å².